The molecule has 0 radical (unpaired) electrons. The number of nitrogens with zero attached hydrogens (tertiary/aromatic N) is 2. The van der Waals surface area contributed by atoms with Gasteiger partial charge in [0.25, 0.3) is 11.8 Å². The van der Waals surface area contributed by atoms with Gasteiger partial charge in [-0.15, -0.1) is 0 Å². The van der Waals surface area contributed by atoms with E-state index >= 15 is 0 Å². The Morgan fingerprint density at radius 2 is 1.86 bits per heavy atom. The summed E-state index contributed by atoms with van der Waals surface area (Å²) in [6.45, 7) is 3.47. The van der Waals surface area contributed by atoms with Gasteiger partial charge in [-0.05, 0) is 55.7 Å². The maximum Gasteiger partial charge on any atom is 0.261 e. The monoisotopic (exact) mass is 446 g/mol. The third kappa shape index (κ3) is 3.51. The molecule has 3 atom stereocenters. The van der Waals surface area contributed by atoms with Gasteiger partial charge < -0.3 is 4.90 Å². The predicted molar refractivity (Wildman–Crippen MR) is 110 cm³/mol. The number of imide groups is 1. The molecule has 0 N–H and O–H groups in total. The molecule has 3 amide bonds. The van der Waals surface area contributed by atoms with Crippen LogP contribution in [0.5, 0.6) is 0 Å². The largest absolute Gasteiger partial charge is 0.339 e. The second-order valence-electron chi connectivity index (χ2n) is 8.42. The number of benzene rings is 1. The molecule has 0 bridgehead atoms. The molecular formula is C22H27BrN2O3. The number of amides is 3. The van der Waals surface area contributed by atoms with Crippen molar-refractivity contribution in [2.75, 3.05) is 13.1 Å². The molecule has 6 heteroatoms. The van der Waals surface area contributed by atoms with Crippen LogP contribution in [0.2, 0.25) is 0 Å². The van der Waals surface area contributed by atoms with Crippen molar-refractivity contribution < 1.29 is 14.4 Å². The number of carbonyl (C=O) groups excluding carboxylic acids is 3. The SMILES string of the molecule is CC1CCN(C(=O)CCCN2C(=O)c3ccc(Br)cc3C2=O)C2CCCCC12. The Kier molecular flexibility index (Phi) is 5.59. The van der Waals surface area contributed by atoms with E-state index in [-0.39, 0.29) is 17.7 Å². The molecule has 1 saturated carbocycles. The number of likely N-dealkylation sites (tertiary alicyclic amines) is 1. The van der Waals surface area contributed by atoms with E-state index in [1.165, 1.54) is 24.2 Å². The minimum Gasteiger partial charge on any atom is -0.339 e. The van der Waals surface area contributed by atoms with E-state index in [0.717, 1.165) is 23.9 Å². The van der Waals surface area contributed by atoms with E-state index in [0.29, 0.717) is 48.4 Å². The number of fused-ring (bicyclic) bond motifs is 2. The normalized spacial score (nSPS) is 27.0. The number of hydrogen-bond donors (Lipinski definition) is 0. The Morgan fingerprint density at radius 3 is 2.68 bits per heavy atom. The first-order valence-electron chi connectivity index (χ1n) is 10.4. The fourth-order valence-electron chi connectivity index (χ4n) is 5.22. The zero-order chi connectivity index (χ0) is 19.8. The van der Waals surface area contributed by atoms with Crippen LogP contribution in [0.4, 0.5) is 0 Å². The maximum atomic E-state index is 12.9. The summed E-state index contributed by atoms with van der Waals surface area (Å²) in [7, 11) is 0. The molecule has 1 aliphatic carbocycles. The molecule has 3 aliphatic rings. The quantitative estimate of drug-likeness (QED) is 0.649. The molecule has 1 aromatic carbocycles. The van der Waals surface area contributed by atoms with Crippen molar-refractivity contribution in [3.8, 4) is 0 Å². The molecule has 1 aromatic rings. The maximum absolute atomic E-state index is 12.9. The molecule has 3 unspecified atom stereocenters. The predicted octanol–water partition coefficient (Wildman–Crippen LogP) is 4.25. The van der Waals surface area contributed by atoms with Crippen LogP contribution in [0.15, 0.2) is 22.7 Å². The van der Waals surface area contributed by atoms with Gasteiger partial charge in [-0.3, -0.25) is 19.3 Å². The van der Waals surface area contributed by atoms with E-state index in [1.807, 2.05) is 0 Å². The third-order valence-electron chi connectivity index (χ3n) is 6.76. The summed E-state index contributed by atoms with van der Waals surface area (Å²) in [5.41, 5.74) is 0.898. The Morgan fingerprint density at radius 1 is 1.11 bits per heavy atom. The van der Waals surface area contributed by atoms with Crippen molar-refractivity contribution in [1.29, 1.82) is 0 Å². The highest BCUT2D eigenvalue weighted by Gasteiger charge is 2.39. The molecule has 0 aromatic heterocycles. The molecular weight excluding hydrogens is 420 g/mol. The Balaban J connectivity index is 1.35. The van der Waals surface area contributed by atoms with E-state index in [2.05, 4.69) is 27.8 Å². The average molecular weight is 447 g/mol. The minimum absolute atomic E-state index is 0.183. The average Bonchev–Trinajstić information content (AvgIpc) is 2.92. The van der Waals surface area contributed by atoms with Crippen molar-refractivity contribution in [1.82, 2.24) is 9.80 Å². The number of hydrogen-bond acceptors (Lipinski definition) is 3. The van der Waals surface area contributed by atoms with Crippen LogP contribution in [0, 0.1) is 11.8 Å². The Labute approximate surface area is 174 Å². The van der Waals surface area contributed by atoms with Gasteiger partial charge in [0.05, 0.1) is 11.1 Å². The van der Waals surface area contributed by atoms with Gasteiger partial charge in [-0.2, -0.15) is 0 Å². The first kappa shape index (κ1) is 19.6. The molecule has 4 rings (SSSR count). The summed E-state index contributed by atoms with van der Waals surface area (Å²) < 4.78 is 0.783. The topological polar surface area (TPSA) is 57.7 Å². The summed E-state index contributed by atoms with van der Waals surface area (Å²) in [6.07, 6.45) is 6.85. The summed E-state index contributed by atoms with van der Waals surface area (Å²) in [6, 6.07) is 5.54. The first-order valence-corrected chi connectivity index (χ1v) is 11.2. The zero-order valence-electron chi connectivity index (χ0n) is 16.3. The third-order valence-corrected chi connectivity index (χ3v) is 7.26. The van der Waals surface area contributed by atoms with Gasteiger partial charge in [-0.1, -0.05) is 35.7 Å². The summed E-state index contributed by atoms with van der Waals surface area (Å²) in [5, 5.41) is 0. The van der Waals surface area contributed by atoms with Gasteiger partial charge in [0.1, 0.15) is 0 Å². The fourth-order valence-corrected chi connectivity index (χ4v) is 5.58. The van der Waals surface area contributed by atoms with E-state index in [1.54, 1.807) is 18.2 Å². The molecule has 2 aliphatic heterocycles. The van der Waals surface area contributed by atoms with Gasteiger partial charge in [0, 0.05) is 30.0 Å². The molecule has 0 spiro atoms. The van der Waals surface area contributed by atoms with Crippen LogP contribution in [-0.2, 0) is 4.79 Å². The molecule has 2 fully saturated rings. The molecule has 2 heterocycles. The number of carbonyl (C=O) groups is 3. The smallest absolute Gasteiger partial charge is 0.261 e. The number of halogens is 1. The standard InChI is InChI=1S/C22H27BrN2O3/c1-14-10-12-24(19-6-3-2-5-16(14)19)20(26)7-4-11-25-21(27)17-9-8-15(23)13-18(17)22(25)28/h8-9,13-14,16,19H,2-7,10-12H2,1H3. The molecule has 1 saturated heterocycles. The van der Waals surface area contributed by atoms with Crippen LogP contribution < -0.4 is 0 Å². The number of piperidine rings is 1. The highest BCUT2D eigenvalue weighted by atomic mass is 79.9. The van der Waals surface area contributed by atoms with Crippen LogP contribution in [-0.4, -0.2) is 46.7 Å². The number of rotatable bonds is 4. The summed E-state index contributed by atoms with van der Waals surface area (Å²) in [5.74, 6) is 1.02. The highest BCUT2D eigenvalue weighted by molar-refractivity contribution is 9.10. The Hall–Kier alpha value is -1.69. The summed E-state index contributed by atoms with van der Waals surface area (Å²) in [4.78, 5) is 41.3. The minimum atomic E-state index is -0.257. The van der Waals surface area contributed by atoms with Crippen molar-refractivity contribution >= 4 is 33.7 Å². The van der Waals surface area contributed by atoms with Crippen LogP contribution in [0.25, 0.3) is 0 Å². The lowest BCUT2D eigenvalue weighted by Gasteiger charge is -2.47. The van der Waals surface area contributed by atoms with E-state index < -0.39 is 0 Å². The molecule has 150 valence electrons. The zero-order valence-corrected chi connectivity index (χ0v) is 17.9. The summed E-state index contributed by atoms with van der Waals surface area (Å²) >= 11 is 3.35. The molecule has 5 nitrogen and oxygen atoms in total. The van der Waals surface area contributed by atoms with E-state index in [9.17, 15) is 14.4 Å². The van der Waals surface area contributed by atoms with Crippen LogP contribution >= 0.6 is 15.9 Å². The first-order chi connectivity index (χ1) is 13.5. The van der Waals surface area contributed by atoms with Gasteiger partial charge in [0.15, 0.2) is 0 Å². The van der Waals surface area contributed by atoms with Crippen molar-refractivity contribution in [2.45, 2.75) is 57.9 Å². The van der Waals surface area contributed by atoms with Crippen LogP contribution in [0.1, 0.15) is 72.6 Å². The van der Waals surface area contributed by atoms with Crippen molar-refractivity contribution in [3.63, 3.8) is 0 Å². The lowest BCUT2D eigenvalue weighted by atomic mass is 9.72. The Bertz CT molecular complexity index is 809. The van der Waals surface area contributed by atoms with Gasteiger partial charge in [0.2, 0.25) is 5.91 Å². The van der Waals surface area contributed by atoms with Crippen molar-refractivity contribution in [3.05, 3.63) is 33.8 Å². The lowest BCUT2D eigenvalue weighted by Crippen LogP contribution is -2.52. The lowest BCUT2D eigenvalue weighted by molar-refractivity contribution is -0.139. The van der Waals surface area contributed by atoms with Gasteiger partial charge in [-0.25, -0.2) is 0 Å². The highest BCUT2D eigenvalue weighted by Crippen LogP contribution is 2.39. The van der Waals surface area contributed by atoms with E-state index in [4.69, 9.17) is 0 Å². The second-order valence-corrected chi connectivity index (χ2v) is 9.34. The van der Waals surface area contributed by atoms with Gasteiger partial charge >= 0.3 is 0 Å². The fraction of sp³-hybridized carbons (Fsp3) is 0.591. The van der Waals surface area contributed by atoms with Crippen LogP contribution in [0.3, 0.4) is 0 Å². The molecule has 28 heavy (non-hydrogen) atoms. The second kappa shape index (κ2) is 7.97. The van der Waals surface area contributed by atoms with Crippen molar-refractivity contribution in [2.24, 2.45) is 11.8 Å².